The molecule has 128 valence electrons. The minimum absolute atomic E-state index is 0.355. The monoisotopic (exact) mass is 319 g/mol. The Hall–Kier alpha value is -1.30. The lowest BCUT2D eigenvalue weighted by molar-refractivity contribution is 0.0965. The van der Waals surface area contributed by atoms with Gasteiger partial charge in [-0.15, -0.1) is 0 Å². The Kier molecular flexibility index (Phi) is 5.09. The Bertz CT molecular complexity index is 554. The van der Waals surface area contributed by atoms with E-state index >= 15 is 0 Å². The molecule has 3 rings (SSSR count). The SMILES string of the molecule is CCCN1CCC(NC(O)c2cc(C)c(N)c3c2OCC3)CC1. The molecule has 0 bridgehead atoms. The lowest BCUT2D eigenvalue weighted by Gasteiger charge is -2.33. The number of piperidine rings is 1. The summed E-state index contributed by atoms with van der Waals surface area (Å²) < 4.78 is 5.74. The number of anilines is 1. The van der Waals surface area contributed by atoms with E-state index < -0.39 is 6.23 Å². The van der Waals surface area contributed by atoms with Crippen LogP contribution in [0.3, 0.4) is 0 Å². The molecular weight excluding hydrogens is 290 g/mol. The molecular formula is C18H29N3O2. The zero-order valence-electron chi connectivity index (χ0n) is 14.3. The molecule has 0 radical (unpaired) electrons. The zero-order valence-corrected chi connectivity index (χ0v) is 14.3. The van der Waals surface area contributed by atoms with E-state index in [0.29, 0.717) is 12.6 Å². The lowest BCUT2D eigenvalue weighted by Crippen LogP contribution is -2.43. The number of nitrogens with one attached hydrogen (secondary N) is 1. The molecule has 2 aliphatic rings. The van der Waals surface area contributed by atoms with Crippen molar-refractivity contribution in [2.24, 2.45) is 0 Å². The third kappa shape index (κ3) is 3.47. The standard InChI is InChI=1S/C18H29N3O2/c1-3-7-21-8-4-13(5-9-21)20-18(22)15-11-12(2)16(19)14-6-10-23-17(14)15/h11,13,18,20,22H,3-10,19H2,1-2H3. The van der Waals surface area contributed by atoms with Crippen molar-refractivity contribution in [1.29, 1.82) is 0 Å². The number of aryl methyl sites for hydroxylation is 1. The molecule has 1 saturated heterocycles. The molecule has 0 spiro atoms. The first-order valence-corrected chi connectivity index (χ1v) is 8.81. The van der Waals surface area contributed by atoms with Crippen LogP contribution < -0.4 is 15.8 Å². The second kappa shape index (κ2) is 7.07. The predicted octanol–water partition coefficient (Wildman–Crippen LogP) is 1.97. The van der Waals surface area contributed by atoms with E-state index in [1.807, 2.05) is 13.0 Å². The molecule has 4 N–H and O–H groups in total. The van der Waals surface area contributed by atoms with Crippen LogP contribution in [0.5, 0.6) is 5.75 Å². The van der Waals surface area contributed by atoms with Crippen LogP contribution in [0.4, 0.5) is 5.69 Å². The number of fused-ring (bicyclic) bond motifs is 1. The highest BCUT2D eigenvalue weighted by Gasteiger charge is 2.27. The maximum absolute atomic E-state index is 10.7. The number of benzene rings is 1. The van der Waals surface area contributed by atoms with Gasteiger partial charge in [0.05, 0.1) is 6.61 Å². The van der Waals surface area contributed by atoms with Gasteiger partial charge in [0.1, 0.15) is 12.0 Å². The van der Waals surface area contributed by atoms with Crippen LogP contribution in [0.15, 0.2) is 6.07 Å². The Morgan fingerprint density at radius 3 is 2.87 bits per heavy atom. The minimum atomic E-state index is -0.691. The summed E-state index contributed by atoms with van der Waals surface area (Å²) in [4.78, 5) is 2.50. The largest absolute Gasteiger partial charge is 0.492 e. The number of rotatable bonds is 5. The molecule has 5 nitrogen and oxygen atoms in total. The first-order valence-electron chi connectivity index (χ1n) is 8.81. The summed E-state index contributed by atoms with van der Waals surface area (Å²) in [6.07, 6.45) is 3.50. The molecule has 0 aromatic heterocycles. The highest BCUT2D eigenvalue weighted by molar-refractivity contribution is 5.64. The van der Waals surface area contributed by atoms with Crippen LogP contribution in [-0.4, -0.2) is 42.3 Å². The van der Waals surface area contributed by atoms with Crippen molar-refractivity contribution in [2.75, 3.05) is 32.0 Å². The number of nitrogens with zero attached hydrogens (tertiary/aromatic N) is 1. The normalized spacial score (nSPS) is 20.3. The van der Waals surface area contributed by atoms with Gasteiger partial charge in [0.25, 0.3) is 0 Å². The smallest absolute Gasteiger partial charge is 0.134 e. The van der Waals surface area contributed by atoms with Gasteiger partial charge in [-0.05, 0) is 57.5 Å². The molecule has 2 heterocycles. The van der Waals surface area contributed by atoms with Gasteiger partial charge in [-0.25, -0.2) is 0 Å². The highest BCUT2D eigenvalue weighted by Crippen LogP contribution is 2.38. The van der Waals surface area contributed by atoms with Crippen LogP contribution in [0.25, 0.3) is 0 Å². The molecule has 23 heavy (non-hydrogen) atoms. The molecule has 0 aliphatic carbocycles. The average Bonchev–Trinajstić information content (AvgIpc) is 3.03. The van der Waals surface area contributed by atoms with Crippen molar-refractivity contribution >= 4 is 5.69 Å². The molecule has 1 aromatic carbocycles. The van der Waals surface area contributed by atoms with Crippen molar-refractivity contribution in [3.05, 3.63) is 22.8 Å². The van der Waals surface area contributed by atoms with Crippen LogP contribution in [0, 0.1) is 6.92 Å². The van der Waals surface area contributed by atoms with Gasteiger partial charge in [0.2, 0.25) is 0 Å². The molecule has 1 unspecified atom stereocenters. The van der Waals surface area contributed by atoms with Crippen molar-refractivity contribution < 1.29 is 9.84 Å². The second-order valence-corrected chi connectivity index (χ2v) is 6.79. The van der Waals surface area contributed by atoms with Gasteiger partial charge in [-0.2, -0.15) is 0 Å². The summed E-state index contributed by atoms with van der Waals surface area (Å²) in [5.74, 6) is 0.788. The molecule has 5 heteroatoms. The van der Waals surface area contributed by atoms with E-state index in [2.05, 4.69) is 17.1 Å². The van der Waals surface area contributed by atoms with Gasteiger partial charge in [-0.3, -0.25) is 5.32 Å². The van der Waals surface area contributed by atoms with Gasteiger partial charge in [-0.1, -0.05) is 6.92 Å². The van der Waals surface area contributed by atoms with Gasteiger partial charge < -0.3 is 20.5 Å². The second-order valence-electron chi connectivity index (χ2n) is 6.79. The number of nitrogens with two attached hydrogens (primary N) is 1. The quantitative estimate of drug-likeness (QED) is 0.572. The predicted molar refractivity (Wildman–Crippen MR) is 92.6 cm³/mol. The summed E-state index contributed by atoms with van der Waals surface area (Å²) in [6, 6.07) is 2.32. The number of nitrogen functional groups attached to an aromatic ring is 1. The maximum Gasteiger partial charge on any atom is 0.134 e. The summed E-state index contributed by atoms with van der Waals surface area (Å²) in [7, 11) is 0. The molecule has 2 aliphatic heterocycles. The number of hydrogen-bond donors (Lipinski definition) is 3. The van der Waals surface area contributed by atoms with Crippen LogP contribution >= 0.6 is 0 Å². The van der Waals surface area contributed by atoms with E-state index in [4.69, 9.17) is 10.5 Å². The molecule has 1 fully saturated rings. The third-order valence-corrected chi connectivity index (χ3v) is 5.07. The summed E-state index contributed by atoms with van der Waals surface area (Å²) in [6.45, 7) is 8.25. The molecule has 1 atom stereocenters. The summed E-state index contributed by atoms with van der Waals surface area (Å²) in [5.41, 5.74) is 9.85. The van der Waals surface area contributed by atoms with Crippen LogP contribution in [0.1, 0.15) is 49.1 Å². The molecule has 0 amide bonds. The van der Waals surface area contributed by atoms with Crippen molar-refractivity contribution in [3.8, 4) is 5.75 Å². The highest BCUT2D eigenvalue weighted by atomic mass is 16.5. The number of aliphatic hydroxyl groups excluding tert-OH is 1. The van der Waals surface area contributed by atoms with Crippen LogP contribution in [0.2, 0.25) is 0 Å². The van der Waals surface area contributed by atoms with Gasteiger partial charge in [0, 0.05) is 29.3 Å². The van der Waals surface area contributed by atoms with E-state index in [1.54, 1.807) is 0 Å². The Labute approximate surface area is 138 Å². The van der Waals surface area contributed by atoms with Gasteiger partial charge in [0.15, 0.2) is 0 Å². The zero-order chi connectivity index (χ0) is 16.4. The minimum Gasteiger partial charge on any atom is -0.492 e. The number of aliphatic hydroxyl groups is 1. The number of ether oxygens (including phenoxy) is 1. The van der Waals surface area contributed by atoms with Gasteiger partial charge >= 0.3 is 0 Å². The molecule has 1 aromatic rings. The van der Waals surface area contributed by atoms with Crippen LogP contribution in [-0.2, 0) is 6.42 Å². The van der Waals surface area contributed by atoms with E-state index in [9.17, 15) is 5.11 Å². The van der Waals surface area contributed by atoms with Crippen molar-refractivity contribution in [2.45, 2.75) is 51.8 Å². The Balaban J connectivity index is 1.67. The number of likely N-dealkylation sites (tertiary alicyclic amines) is 1. The first-order chi connectivity index (χ1) is 11.1. The summed E-state index contributed by atoms with van der Waals surface area (Å²) >= 11 is 0. The fourth-order valence-corrected chi connectivity index (χ4v) is 3.74. The van der Waals surface area contributed by atoms with E-state index in [1.165, 1.54) is 13.0 Å². The van der Waals surface area contributed by atoms with E-state index in [-0.39, 0.29) is 0 Å². The molecule has 0 saturated carbocycles. The lowest BCUT2D eigenvalue weighted by atomic mass is 9.99. The number of hydrogen-bond acceptors (Lipinski definition) is 5. The average molecular weight is 319 g/mol. The summed E-state index contributed by atoms with van der Waals surface area (Å²) in [5, 5.41) is 14.1. The van der Waals surface area contributed by atoms with E-state index in [0.717, 1.165) is 60.5 Å². The third-order valence-electron chi connectivity index (χ3n) is 5.07. The Morgan fingerprint density at radius 2 is 2.17 bits per heavy atom. The van der Waals surface area contributed by atoms with Crippen molar-refractivity contribution in [3.63, 3.8) is 0 Å². The fourth-order valence-electron chi connectivity index (χ4n) is 3.74. The Morgan fingerprint density at radius 1 is 1.43 bits per heavy atom. The fraction of sp³-hybridized carbons (Fsp3) is 0.667. The van der Waals surface area contributed by atoms with Crippen molar-refractivity contribution in [1.82, 2.24) is 10.2 Å². The first kappa shape index (κ1) is 16.6. The maximum atomic E-state index is 10.7. The topological polar surface area (TPSA) is 70.8 Å².